The molecule has 0 unspecified atom stereocenters. The van der Waals surface area contributed by atoms with Gasteiger partial charge in [-0.3, -0.25) is 9.59 Å². The van der Waals surface area contributed by atoms with Gasteiger partial charge in [-0.2, -0.15) is 0 Å². The molecule has 1 heterocycles. The van der Waals surface area contributed by atoms with Crippen LogP contribution in [0.1, 0.15) is 40.5 Å². The Morgan fingerprint density at radius 2 is 1.96 bits per heavy atom. The average molecular weight is 352 g/mol. The quantitative estimate of drug-likeness (QED) is 0.838. The van der Waals surface area contributed by atoms with E-state index in [9.17, 15) is 14.4 Å². The minimum absolute atomic E-state index is 0.0650. The molecule has 1 aliphatic rings. The van der Waals surface area contributed by atoms with Gasteiger partial charge in [0.25, 0.3) is 5.91 Å². The lowest BCUT2D eigenvalue weighted by atomic mass is 10.1. The highest BCUT2D eigenvalue weighted by atomic mass is 16.5. The SMILES string of the molecule is CCOC(=O)c1ccccc1NC(=O)c1cccc(N2CCCC2=O)c1. The van der Waals surface area contributed by atoms with E-state index in [1.165, 1.54) is 0 Å². The maximum absolute atomic E-state index is 12.6. The molecule has 1 N–H and O–H groups in total. The Labute approximate surface area is 151 Å². The van der Waals surface area contributed by atoms with Crippen LogP contribution >= 0.6 is 0 Å². The molecular formula is C20H20N2O4. The molecule has 1 fully saturated rings. The lowest BCUT2D eigenvalue weighted by molar-refractivity contribution is -0.117. The molecule has 1 saturated heterocycles. The van der Waals surface area contributed by atoms with E-state index in [1.54, 1.807) is 54.3 Å². The predicted octanol–water partition coefficient (Wildman–Crippen LogP) is 3.24. The van der Waals surface area contributed by atoms with Gasteiger partial charge in [0, 0.05) is 24.2 Å². The normalized spacial score (nSPS) is 13.6. The van der Waals surface area contributed by atoms with E-state index in [4.69, 9.17) is 4.74 Å². The molecule has 1 aliphatic heterocycles. The van der Waals surface area contributed by atoms with Crippen molar-refractivity contribution in [1.29, 1.82) is 0 Å². The van der Waals surface area contributed by atoms with Crippen molar-refractivity contribution in [3.63, 3.8) is 0 Å². The fourth-order valence-electron chi connectivity index (χ4n) is 2.91. The summed E-state index contributed by atoms with van der Waals surface area (Å²) in [5, 5.41) is 2.75. The van der Waals surface area contributed by atoms with Crippen LogP contribution in [0, 0.1) is 0 Å². The van der Waals surface area contributed by atoms with Gasteiger partial charge in [0.15, 0.2) is 0 Å². The molecule has 26 heavy (non-hydrogen) atoms. The van der Waals surface area contributed by atoms with Crippen LogP contribution in [-0.4, -0.2) is 30.9 Å². The van der Waals surface area contributed by atoms with E-state index in [-0.39, 0.29) is 18.4 Å². The van der Waals surface area contributed by atoms with Crippen molar-refractivity contribution in [1.82, 2.24) is 0 Å². The number of carbonyl (C=O) groups is 3. The fraction of sp³-hybridized carbons (Fsp3) is 0.250. The van der Waals surface area contributed by atoms with Crippen molar-refractivity contribution in [3.05, 3.63) is 59.7 Å². The zero-order valence-electron chi connectivity index (χ0n) is 14.5. The highest BCUT2D eigenvalue weighted by Crippen LogP contribution is 2.23. The van der Waals surface area contributed by atoms with Crippen LogP contribution in [0.3, 0.4) is 0 Å². The standard InChI is InChI=1S/C20H20N2O4/c1-2-26-20(25)16-9-3-4-10-17(16)21-19(24)14-7-5-8-15(13-14)22-12-6-11-18(22)23/h3-5,7-10,13H,2,6,11-12H2,1H3,(H,21,24). The number of esters is 1. The number of para-hydroxylation sites is 1. The summed E-state index contributed by atoms with van der Waals surface area (Å²) < 4.78 is 5.02. The average Bonchev–Trinajstić information content (AvgIpc) is 3.08. The van der Waals surface area contributed by atoms with Gasteiger partial charge >= 0.3 is 5.97 Å². The van der Waals surface area contributed by atoms with Crippen LogP contribution < -0.4 is 10.2 Å². The third kappa shape index (κ3) is 3.74. The largest absolute Gasteiger partial charge is 0.462 e. The van der Waals surface area contributed by atoms with Gasteiger partial charge in [-0.1, -0.05) is 18.2 Å². The molecule has 6 heteroatoms. The Balaban J connectivity index is 1.81. The Morgan fingerprint density at radius 1 is 1.15 bits per heavy atom. The van der Waals surface area contributed by atoms with Gasteiger partial charge in [0.1, 0.15) is 0 Å². The molecular weight excluding hydrogens is 332 g/mol. The van der Waals surface area contributed by atoms with E-state index in [1.807, 2.05) is 6.07 Å². The summed E-state index contributed by atoms with van der Waals surface area (Å²) in [5.74, 6) is -0.773. The van der Waals surface area contributed by atoms with Gasteiger partial charge in [0.05, 0.1) is 17.9 Å². The Morgan fingerprint density at radius 3 is 2.69 bits per heavy atom. The Bertz CT molecular complexity index is 847. The van der Waals surface area contributed by atoms with Crippen LogP contribution in [0.15, 0.2) is 48.5 Å². The molecule has 0 radical (unpaired) electrons. The van der Waals surface area contributed by atoms with Gasteiger partial charge < -0.3 is 15.0 Å². The Kier molecular flexibility index (Phi) is 5.31. The third-order valence-electron chi connectivity index (χ3n) is 4.16. The minimum atomic E-state index is -0.486. The second-order valence-electron chi connectivity index (χ2n) is 5.92. The summed E-state index contributed by atoms with van der Waals surface area (Å²) in [5.41, 5.74) is 1.81. The molecule has 0 saturated carbocycles. The van der Waals surface area contributed by atoms with Crippen molar-refractivity contribution in [2.75, 3.05) is 23.4 Å². The summed E-state index contributed by atoms with van der Waals surface area (Å²) in [7, 11) is 0. The number of carbonyl (C=O) groups excluding carboxylic acids is 3. The third-order valence-corrected chi connectivity index (χ3v) is 4.16. The van der Waals surface area contributed by atoms with Crippen LogP contribution in [0.25, 0.3) is 0 Å². The summed E-state index contributed by atoms with van der Waals surface area (Å²) in [6, 6.07) is 13.6. The number of hydrogen-bond acceptors (Lipinski definition) is 4. The molecule has 0 aromatic heterocycles. The van der Waals surface area contributed by atoms with Crippen molar-refractivity contribution < 1.29 is 19.1 Å². The van der Waals surface area contributed by atoms with Crippen LogP contribution in [0.4, 0.5) is 11.4 Å². The molecule has 3 rings (SSSR count). The van der Waals surface area contributed by atoms with Crippen molar-refractivity contribution >= 4 is 29.2 Å². The number of ether oxygens (including phenoxy) is 1. The number of nitrogens with one attached hydrogen (secondary N) is 1. The topological polar surface area (TPSA) is 75.7 Å². The minimum Gasteiger partial charge on any atom is -0.462 e. The second kappa shape index (κ2) is 7.82. The van der Waals surface area contributed by atoms with Gasteiger partial charge in [0.2, 0.25) is 5.91 Å². The van der Waals surface area contributed by atoms with Crippen LogP contribution in [0.2, 0.25) is 0 Å². The summed E-state index contributed by atoms with van der Waals surface area (Å²) >= 11 is 0. The van der Waals surface area contributed by atoms with Crippen molar-refractivity contribution in [2.24, 2.45) is 0 Å². The van der Waals surface area contributed by atoms with Gasteiger partial charge in [-0.15, -0.1) is 0 Å². The number of anilines is 2. The van der Waals surface area contributed by atoms with Crippen molar-refractivity contribution in [3.8, 4) is 0 Å². The first-order valence-corrected chi connectivity index (χ1v) is 8.58. The number of benzene rings is 2. The lowest BCUT2D eigenvalue weighted by Crippen LogP contribution is -2.24. The predicted molar refractivity (Wildman–Crippen MR) is 98.4 cm³/mol. The van der Waals surface area contributed by atoms with Crippen LogP contribution in [-0.2, 0) is 9.53 Å². The van der Waals surface area contributed by atoms with Gasteiger partial charge in [-0.05, 0) is 43.7 Å². The number of nitrogens with zero attached hydrogens (tertiary/aromatic N) is 1. The van der Waals surface area contributed by atoms with Crippen molar-refractivity contribution in [2.45, 2.75) is 19.8 Å². The Hall–Kier alpha value is -3.15. The monoisotopic (exact) mass is 352 g/mol. The van der Waals surface area contributed by atoms with E-state index >= 15 is 0 Å². The molecule has 2 aromatic carbocycles. The van der Waals surface area contributed by atoms with E-state index < -0.39 is 5.97 Å². The van der Waals surface area contributed by atoms with E-state index in [0.29, 0.717) is 35.5 Å². The molecule has 0 spiro atoms. The summed E-state index contributed by atoms with van der Waals surface area (Å²) in [6.07, 6.45) is 1.35. The lowest BCUT2D eigenvalue weighted by Gasteiger charge is -2.16. The number of rotatable bonds is 5. The van der Waals surface area contributed by atoms with E-state index in [0.717, 1.165) is 6.42 Å². The number of amides is 2. The molecule has 2 aromatic rings. The molecule has 134 valence electrons. The fourth-order valence-corrected chi connectivity index (χ4v) is 2.91. The zero-order valence-corrected chi connectivity index (χ0v) is 14.5. The first kappa shape index (κ1) is 17.7. The zero-order chi connectivity index (χ0) is 18.5. The molecule has 0 atom stereocenters. The smallest absolute Gasteiger partial charge is 0.340 e. The first-order chi connectivity index (χ1) is 12.6. The highest BCUT2D eigenvalue weighted by molar-refractivity contribution is 6.08. The maximum Gasteiger partial charge on any atom is 0.340 e. The second-order valence-corrected chi connectivity index (χ2v) is 5.92. The molecule has 2 amide bonds. The highest BCUT2D eigenvalue weighted by Gasteiger charge is 2.22. The van der Waals surface area contributed by atoms with Gasteiger partial charge in [-0.25, -0.2) is 4.79 Å². The molecule has 0 bridgehead atoms. The van der Waals surface area contributed by atoms with E-state index in [2.05, 4.69) is 5.32 Å². The first-order valence-electron chi connectivity index (χ1n) is 8.58. The van der Waals surface area contributed by atoms with Crippen LogP contribution in [0.5, 0.6) is 0 Å². The summed E-state index contributed by atoms with van der Waals surface area (Å²) in [4.78, 5) is 38.2. The summed E-state index contributed by atoms with van der Waals surface area (Å²) in [6.45, 7) is 2.65. The maximum atomic E-state index is 12.6. The number of hydrogen-bond donors (Lipinski definition) is 1. The molecule has 6 nitrogen and oxygen atoms in total. The molecule has 0 aliphatic carbocycles.